The average molecular weight is 316 g/mol. The van der Waals surface area contributed by atoms with Crippen LogP contribution >= 0.6 is 0 Å². The van der Waals surface area contributed by atoms with Gasteiger partial charge in [0.05, 0.1) is 23.7 Å². The van der Waals surface area contributed by atoms with Crippen LogP contribution in [0.3, 0.4) is 0 Å². The van der Waals surface area contributed by atoms with Crippen molar-refractivity contribution in [2.45, 2.75) is 48.0 Å². The highest BCUT2D eigenvalue weighted by Crippen LogP contribution is 2.32. The number of ether oxygens (including phenoxy) is 1. The second-order valence-corrected chi connectivity index (χ2v) is 5.75. The van der Waals surface area contributed by atoms with E-state index in [-0.39, 0.29) is 11.8 Å². The number of hydrogen-bond acceptors (Lipinski definition) is 3. The zero-order valence-corrected chi connectivity index (χ0v) is 14.6. The monoisotopic (exact) mass is 316 g/mol. The van der Waals surface area contributed by atoms with E-state index in [4.69, 9.17) is 4.74 Å². The molecular formula is C18H24N2O3. The number of ketones is 1. The van der Waals surface area contributed by atoms with Crippen LogP contribution in [0.15, 0.2) is 0 Å². The first-order chi connectivity index (χ1) is 10.8. The van der Waals surface area contributed by atoms with Crippen molar-refractivity contribution in [1.82, 2.24) is 9.97 Å². The Bertz CT molecular complexity index is 766. The van der Waals surface area contributed by atoms with E-state index in [1.165, 1.54) is 0 Å². The SMILES string of the molecule is CCOC(=O)c1[nH]c(-c2[nH]c(C(=O)CC)c(C)c2C)c(C)c1C. The van der Waals surface area contributed by atoms with E-state index in [9.17, 15) is 9.59 Å². The fourth-order valence-corrected chi connectivity index (χ4v) is 2.74. The molecule has 124 valence electrons. The molecular weight excluding hydrogens is 292 g/mol. The summed E-state index contributed by atoms with van der Waals surface area (Å²) < 4.78 is 5.09. The van der Waals surface area contributed by atoms with Gasteiger partial charge in [0.1, 0.15) is 5.69 Å². The number of rotatable bonds is 5. The van der Waals surface area contributed by atoms with Crippen molar-refractivity contribution in [3.05, 3.63) is 33.6 Å². The predicted molar refractivity (Wildman–Crippen MR) is 90.1 cm³/mol. The standard InChI is InChI=1S/C18H24N2O3/c1-7-13(21)14-9(3)10(4)15(19-14)16-11(5)12(6)17(20-16)18(22)23-8-2/h19-20H,7-8H2,1-6H3. The van der Waals surface area contributed by atoms with Gasteiger partial charge in [0.2, 0.25) is 0 Å². The van der Waals surface area contributed by atoms with Crippen molar-refractivity contribution in [3.8, 4) is 11.4 Å². The summed E-state index contributed by atoms with van der Waals surface area (Å²) in [5.74, 6) is -0.270. The normalized spacial score (nSPS) is 10.9. The molecule has 0 unspecified atom stereocenters. The summed E-state index contributed by atoms with van der Waals surface area (Å²) in [5, 5.41) is 0. The maximum atomic E-state index is 12.1. The van der Waals surface area contributed by atoms with Gasteiger partial charge in [0.15, 0.2) is 5.78 Å². The van der Waals surface area contributed by atoms with Crippen molar-refractivity contribution in [2.75, 3.05) is 6.61 Å². The van der Waals surface area contributed by atoms with Crippen molar-refractivity contribution in [1.29, 1.82) is 0 Å². The molecule has 0 fully saturated rings. The van der Waals surface area contributed by atoms with Crippen LogP contribution in [0.5, 0.6) is 0 Å². The number of nitrogens with one attached hydrogen (secondary N) is 2. The Balaban J connectivity index is 2.58. The summed E-state index contributed by atoms with van der Waals surface area (Å²) in [6.07, 6.45) is 0.455. The van der Waals surface area contributed by atoms with E-state index >= 15 is 0 Å². The maximum Gasteiger partial charge on any atom is 0.355 e. The van der Waals surface area contributed by atoms with Gasteiger partial charge in [-0.25, -0.2) is 4.79 Å². The molecule has 0 saturated carbocycles. The van der Waals surface area contributed by atoms with Crippen molar-refractivity contribution >= 4 is 11.8 Å². The first-order valence-electron chi connectivity index (χ1n) is 7.92. The van der Waals surface area contributed by atoms with E-state index in [0.29, 0.717) is 24.4 Å². The number of aromatic nitrogens is 2. The molecule has 0 aliphatic heterocycles. The molecule has 0 atom stereocenters. The first kappa shape index (κ1) is 17.1. The number of carbonyl (C=O) groups is 2. The number of H-pyrrole nitrogens is 2. The lowest BCUT2D eigenvalue weighted by molar-refractivity contribution is 0.0519. The second-order valence-electron chi connectivity index (χ2n) is 5.75. The van der Waals surface area contributed by atoms with Crippen molar-refractivity contribution in [3.63, 3.8) is 0 Å². The molecule has 0 radical (unpaired) electrons. The largest absolute Gasteiger partial charge is 0.461 e. The van der Waals surface area contributed by atoms with Crippen molar-refractivity contribution < 1.29 is 14.3 Å². The third kappa shape index (κ3) is 2.83. The van der Waals surface area contributed by atoms with Gasteiger partial charge >= 0.3 is 5.97 Å². The summed E-state index contributed by atoms with van der Waals surface area (Å²) in [6, 6.07) is 0. The van der Waals surface area contributed by atoms with Crippen molar-refractivity contribution in [2.24, 2.45) is 0 Å². The van der Waals surface area contributed by atoms with Crippen LogP contribution in [0.25, 0.3) is 11.4 Å². The molecule has 0 aromatic carbocycles. The van der Waals surface area contributed by atoms with Crippen LogP contribution in [0.2, 0.25) is 0 Å². The van der Waals surface area contributed by atoms with Gasteiger partial charge < -0.3 is 14.7 Å². The summed E-state index contributed by atoms with van der Waals surface area (Å²) in [5.41, 5.74) is 6.62. The molecule has 5 heteroatoms. The first-order valence-corrected chi connectivity index (χ1v) is 7.92. The highest BCUT2D eigenvalue weighted by Gasteiger charge is 2.23. The quantitative estimate of drug-likeness (QED) is 0.646. The molecule has 0 spiro atoms. The van der Waals surface area contributed by atoms with Gasteiger partial charge in [-0.2, -0.15) is 0 Å². The third-order valence-electron chi connectivity index (χ3n) is 4.45. The lowest BCUT2D eigenvalue weighted by Gasteiger charge is -2.00. The smallest absolute Gasteiger partial charge is 0.355 e. The number of carbonyl (C=O) groups excluding carboxylic acids is 2. The number of hydrogen-bond donors (Lipinski definition) is 2. The molecule has 23 heavy (non-hydrogen) atoms. The maximum absolute atomic E-state index is 12.1. The van der Waals surface area contributed by atoms with Crippen LogP contribution in [0, 0.1) is 27.7 Å². The summed E-state index contributed by atoms with van der Waals surface area (Å²) >= 11 is 0. The molecule has 0 amide bonds. The van der Waals surface area contributed by atoms with Crippen LogP contribution in [0.1, 0.15) is 63.5 Å². The average Bonchev–Trinajstić information content (AvgIpc) is 2.98. The van der Waals surface area contributed by atoms with Gasteiger partial charge in [-0.1, -0.05) is 6.92 Å². The fourth-order valence-electron chi connectivity index (χ4n) is 2.74. The molecule has 2 rings (SSSR count). The molecule has 2 aromatic heterocycles. The lowest BCUT2D eigenvalue weighted by atomic mass is 10.1. The minimum atomic E-state index is -0.356. The highest BCUT2D eigenvalue weighted by molar-refractivity contribution is 5.97. The van der Waals surface area contributed by atoms with Gasteiger partial charge in [0, 0.05) is 6.42 Å². The number of aromatic amines is 2. The lowest BCUT2D eigenvalue weighted by Crippen LogP contribution is -2.06. The summed E-state index contributed by atoms with van der Waals surface area (Å²) in [6.45, 7) is 11.7. The van der Waals surface area contributed by atoms with E-state index in [1.54, 1.807) is 6.92 Å². The number of esters is 1. The van der Waals surface area contributed by atoms with E-state index in [2.05, 4.69) is 9.97 Å². The Morgan fingerprint density at radius 2 is 1.30 bits per heavy atom. The minimum absolute atomic E-state index is 0.0865. The molecule has 0 saturated heterocycles. The molecule has 2 aromatic rings. The Kier molecular flexibility index (Phi) is 4.78. The second kappa shape index (κ2) is 6.44. The topological polar surface area (TPSA) is 75.0 Å². The Morgan fingerprint density at radius 1 is 0.826 bits per heavy atom. The molecule has 2 heterocycles. The van der Waals surface area contributed by atoms with E-state index < -0.39 is 0 Å². The summed E-state index contributed by atoms with van der Waals surface area (Å²) in [7, 11) is 0. The van der Waals surface area contributed by atoms with Crippen LogP contribution < -0.4 is 0 Å². The Labute approximate surface area is 136 Å². The number of Topliss-reactive ketones (excluding diaryl/α,β-unsaturated/α-hetero) is 1. The molecule has 0 bridgehead atoms. The third-order valence-corrected chi connectivity index (χ3v) is 4.45. The molecule has 0 aliphatic rings. The molecule has 0 aliphatic carbocycles. The van der Waals surface area contributed by atoms with Gasteiger partial charge in [0.25, 0.3) is 0 Å². The van der Waals surface area contributed by atoms with Gasteiger partial charge in [-0.3, -0.25) is 4.79 Å². The Morgan fingerprint density at radius 3 is 1.78 bits per heavy atom. The van der Waals surface area contributed by atoms with E-state index in [0.717, 1.165) is 33.6 Å². The molecule has 5 nitrogen and oxygen atoms in total. The summed E-state index contributed by atoms with van der Waals surface area (Å²) in [4.78, 5) is 30.5. The van der Waals surface area contributed by atoms with Crippen LogP contribution in [-0.4, -0.2) is 28.3 Å². The zero-order chi connectivity index (χ0) is 17.3. The van der Waals surface area contributed by atoms with E-state index in [1.807, 2.05) is 34.6 Å². The highest BCUT2D eigenvalue weighted by atomic mass is 16.5. The molecule has 2 N–H and O–H groups in total. The minimum Gasteiger partial charge on any atom is -0.461 e. The van der Waals surface area contributed by atoms with Gasteiger partial charge in [-0.05, 0) is 56.9 Å². The van der Waals surface area contributed by atoms with Crippen LogP contribution in [-0.2, 0) is 4.74 Å². The van der Waals surface area contributed by atoms with Crippen LogP contribution in [0.4, 0.5) is 0 Å². The van der Waals surface area contributed by atoms with Gasteiger partial charge in [-0.15, -0.1) is 0 Å². The predicted octanol–water partition coefficient (Wildman–Crippen LogP) is 4.01. The fraction of sp³-hybridized carbons (Fsp3) is 0.444. The zero-order valence-electron chi connectivity index (χ0n) is 14.6. The Hall–Kier alpha value is -2.30.